The molecule has 0 aliphatic carbocycles. The zero-order valence-corrected chi connectivity index (χ0v) is 10.5. The Labute approximate surface area is 101 Å². The van der Waals surface area contributed by atoms with Crippen molar-refractivity contribution in [3.8, 4) is 6.07 Å². The van der Waals surface area contributed by atoms with Crippen molar-refractivity contribution < 1.29 is 13.2 Å². The van der Waals surface area contributed by atoms with Crippen LogP contribution in [0.15, 0.2) is 0 Å². The molecular weight excluding hydrogens is 231 g/mol. The fourth-order valence-electron chi connectivity index (χ4n) is 1.19. The SMILES string of the molecule is CC(C)N(C)CCCNCC(C#N)C(F)(F)F. The minimum Gasteiger partial charge on any atom is -0.315 e. The number of rotatable bonds is 7. The highest BCUT2D eigenvalue weighted by atomic mass is 19.4. The van der Waals surface area contributed by atoms with E-state index in [-0.39, 0.29) is 6.54 Å². The van der Waals surface area contributed by atoms with E-state index < -0.39 is 12.1 Å². The smallest absolute Gasteiger partial charge is 0.315 e. The normalized spacial score (nSPS) is 14.1. The Morgan fingerprint density at radius 2 is 1.94 bits per heavy atom. The van der Waals surface area contributed by atoms with Crippen molar-refractivity contribution in [2.24, 2.45) is 5.92 Å². The van der Waals surface area contributed by atoms with Crippen LogP contribution in [0.2, 0.25) is 0 Å². The van der Waals surface area contributed by atoms with Gasteiger partial charge in [0.05, 0.1) is 6.07 Å². The predicted octanol–water partition coefficient (Wildman–Crippen LogP) is 2.01. The molecule has 0 saturated heterocycles. The third-order valence-corrected chi connectivity index (χ3v) is 2.65. The molecule has 0 amide bonds. The molecule has 1 unspecified atom stereocenters. The number of nitrogens with one attached hydrogen (secondary N) is 1. The molecule has 0 aliphatic heterocycles. The van der Waals surface area contributed by atoms with Gasteiger partial charge in [-0.05, 0) is 40.4 Å². The third kappa shape index (κ3) is 7.18. The summed E-state index contributed by atoms with van der Waals surface area (Å²) >= 11 is 0. The standard InChI is InChI=1S/C11H20F3N3/c1-9(2)17(3)6-4-5-16-8-10(7-15)11(12,13)14/h9-10,16H,4-6,8H2,1-3H3. The first-order valence-corrected chi connectivity index (χ1v) is 5.66. The minimum absolute atomic E-state index is 0.328. The van der Waals surface area contributed by atoms with Crippen LogP contribution in [0.5, 0.6) is 0 Å². The first kappa shape index (κ1) is 16.2. The molecule has 1 atom stereocenters. The number of nitriles is 1. The third-order valence-electron chi connectivity index (χ3n) is 2.65. The van der Waals surface area contributed by atoms with E-state index >= 15 is 0 Å². The molecule has 0 aromatic heterocycles. The van der Waals surface area contributed by atoms with Gasteiger partial charge in [-0.1, -0.05) is 0 Å². The Hall–Kier alpha value is -0.800. The molecule has 0 fully saturated rings. The van der Waals surface area contributed by atoms with Crippen molar-refractivity contribution in [2.45, 2.75) is 32.5 Å². The van der Waals surface area contributed by atoms with Gasteiger partial charge in [0, 0.05) is 12.6 Å². The van der Waals surface area contributed by atoms with E-state index in [4.69, 9.17) is 5.26 Å². The topological polar surface area (TPSA) is 39.1 Å². The monoisotopic (exact) mass is 251 g/mol. The first-order chi connectivity index (χ1) is 7.79. The van der Waals surface area contributed by atoms with Gasteiger partial charge in [0.2, 0.25) is 0 Å². The average Bonchev–Trinajstić information content (AvgIpc) is 2.20. The van der Waals surface area contributed by atoms with Crippen molar-refractivity contribution in [3.05, 3.63) is 0 Å². The minimum atomic E-state index is -4.43. The van der Waals surface area contributed by atoms with E-state index in [9.17, 15) is 13.2 Å². The Bertz CT molecular complexity index is 245. The second kappa shape index (κ2) is 7.51. The van der Waals surface area contributed by atoms with Gasteiger partial charge in [-0.15, -0.1) is 0 Å². The van der Waals surface area contributed by atoms with Crippen molar-refractivity contribution in [3.63, 3.8) is 0 Å². The molecule has 100 valence electrons. The number of hydrogen-bond donors (Lipinski definition) is 1. The van der Waals surface area contributed by atoms with Crippen LogP contribution in [0.1, 0.15) is 20.3 Å². The lowest BCUT2D eigenvalue weighted by atomic mass is 10.1. The molecule has 0 aromatic carbocycles. The van der Waals surface area contributed by atoms with Crippen LogP contribution in [0, 0.1) is 17.2 Å². The highest BCUT2D eigenvalue weighted by molar-refractivity contribution is 4.89. The Morgan fingerprint density at radius 1 is 1.35 bits per heavy atom. The van der Waals surface area contributed by atoms with Crippen LogP contribution in [0.4, 0.5) is 13.2 Å². The Morgan fingerprint density at radius 3 is 2.35 bits per heavy atom. The number of alkyl halides is 3. The summed E-state index contributed by atoms with van der Waals surface area (Å²) in [6.07, 6.45) is -3.67. The molecule has 0 spiro atoms. The molecule has 0 aromatic rings. The van der Waals surface area contributed by atoms with Gasteiger partial charge in [0.25, 0.3) is 0 Å². The summed E-state index contributed by atoms with van der Waals surface area (Å²) in [7, 11) is 1.97. The Kier molecular flexibility index (Phi) is 7.16. The maximum absolute atomic E-state index is 12.2. The maximum atomic E-state index is 12.2. The van der Waals surface area contributed by atoms with Crippen LogP contribution in [-0.2, 0) is 0 Å². The lowest BCUT2D eigenvalue weighted by molar-refractivity contribution is -0.157. The van der Waals surface area contributed by atoms with E-state index in [1.165, 1.54) is 6.07 Å². The van der Waals surface area contributed by atoms with Crippen LogP contribution in [-0.4, -0.2) is 43.8 Å². The summed E-state index contributed by atoms with van der Waals surface area (Å²) in [5.74, 6) is -1.91. The summed E-state index contributed by atoms with van der Waals surface area (Å²) in [5, 5.41) is 11.0. The van der Waals surface area contributed by atoms with Crippen molar-refractivity contribution in [2.75, 3.05) is 26.7 Å². The van der Waals surface area contributed by atoms with E-state index in [1.807, 2.05) is 7.05 Å². The Balaban J connectivity index is 3.68. The van der Waals surface area contributed by atoms with Crippen LogP contribution < -0.4 is 5.32 Å². The van der Waals surface area contributed by atoms with Gasteiger partial charge in [0.15, 0.2) is 5.92 Å². The second-order valence-electron chi connectivity index (χ2n) is 4.36. The highest BCUT2D eigenvalue weighted by Crippen LogP contribution is 2.24. The van der Waals surface area contributed by atoms with E-state index in [1.54, 1.807) is 0 Å². The van der Waals surface area contributed by atoms with Gasteiger partial charge in [0.1, 0.15) is 0 Å². The van der Waals surface area contributed by atoms with Crippen molar-refractivity contribution in [1.29, 1.82) is 5.26 Å². The summed E-state index contributed by atoms with van der Waals surface area (Å²) in [5.41, 5.74) is 0. The molecule has 0 heterocycles. The van der Waals surface area contributed by atoms with Crippen LogP contribution in [0.25, 0.3) is 0 Å². The lowest BCUT2D eigenvalue weighted by Crippen LogP contribution is -2.34. The van der Waals surface area contributed by atoms with Gasteiger partial charge >= 0.3 is 6.18 Å². The number of halogens is 3. The molecule has 6 heteroatoms. The van der Waals surface area contributed by atoms with Crippen molar-refractivity contribution in [1.82, 2.24) is 10.2 Å². The highest BCUT2D eigenvalue weighted by Gasteiger charge is 2.39. The lowest BCUT2D eigenvalue weighted by Gasteiger charge is -2.21. The van der Waals surface area contributed by atoms with Gasteiger partial charge in [-0.2, -0.15) is 18.4 Å². The van der Waals surface area contributed by atoms with E-state index in [0.29, 0.717) is 12.6 Å². The number of nitrogens with zero attached hydrogens (tertiary/aromatic N) is 2. The maximum Gasteiger partial charge on any atom is 0.405 e. The molecule has 17 heavy (non-hydrogen) atoms. The average molecular weight is 251 g/mol. The fourth-order valence-corrected chi connectivity index (χ4v) is 1.19. The molecular formula is C11H20F3N3. The number of hydrogen-bond acceptors (Lipinski definition) is 3. The van der Waals surface area contributed by atoms with E-state index in [2.05, 4.69) is 24.1 Å². The largest absolute Gasteiger partial charge is 0.405 e. The van der Waals surface area contributed by atoms with Gasteiger partial charge in [-0.3, -0.25) is 0 Å². The molecule has 0 saturated carbocycles. The molecule has 0 rings (SSSR count). The van der Waals surface area contributed by atoms with Crippen LogP contribution >= 0.6 is 0 Å². The fraction of sp³-hybridized carbons (Fsp3) is 0.909. The molecule has 0 bridgehead atoms. The van der Waals surface area contributed by atoms with Gasteiger partial charge in [-0.25, -0.2) is 0 Å². The second-order valence-corrected chi connectivity index (χ2v) is 4.36. The summed E-state index contributed by atoms with van der Waals surface area (Å²) in [6, 6.07) is 1.69. The molecule has 0 radical (unpaired) electrons. The first-order valence-electron chi connectivity index (χ1n) is 5.66. The molecule has 1 N–H and O–H groups in total. The van der Waals surface area contributed by atoms with Crippen molar-refractivity contribution >= 4 is 0 Å². The molecule has 3 nitrogen and oxygen atoms in total. The summed E-state index contributed by atoms with van der Waals surface area (Å²) in [4.78, 5) is 2.12. The molecule has 0 aliphatic rings. The summed E-state index contributed by atoms with van der Waals surface area (Å²) in [6.45, 7) is 5.11. The zero-order chi connectivity index (χ0) is 13.5. The van der Waals surface area contributed by atoms with Crippen LogP contribution in [0.3, 0.4) is 0 Å². The predicted molar refractivity (Wildman–Crippen MR) is 60.4 cm³/mol. The quantitative estimate of drug-likeness (QED) is 0.703. The van der Waals surface area contributed by atoms with Gasteiger partial charge < -0.3 is 10.2 Å². The summed E-state index contributed by atoms with van der Waals surface area (Å²) < 4.78 is 36.6. The zero-order valence-electron chi connectivity index (χ0n) is 10.5. The van der Waals surface area contributed by atoms with E-state index in [0.717, 1.165) is 13.0 Å².